The van der Waals surface area contributed by atoms with Gasteiger partial charge in [0.05, 0.1) is 17.0 Å². The van der Waals surface area contributed by atoms with Crippen LogP contribution in [0.4, 0.5) is 10.2 Å². The maximum atomic E-state index is 15.0. The van der Waals surface area contributed by atoms with Crippen molar-refractivity contribution in [2.45, 2.75) is 37.8 Å². The third kappa shape index (κ3) is 5.90. The van der Waals surface area contributed by atoms with Crippen LogP contribution >= 0.6 is 15.9 Å². The van der Waals surface area contributed by atoms with Gasteiger partial charge in [-0.2, -0.15) is 15.2 Å². The first-order valence-corrected chi connectivity index (χ1v) is 12.3. The average molecular weight is 521 g/mol. The quantitative estimate of drug-likeness (QED) is 0.531. The highest BCUT2D eigenvalue weighted by Crippen LogP contribution is 2.32. The number of hydrogen-bond donors (Lipinski definition) is 1. The van der Waals surface area contributed by atoms with Gasteiger partial charge in [0, 0.05) is 64.4 Å². The molecule has 0 spiro atoms. The Morgan fingerprint density at radius 1 is 1.27 bits per heavy atom. The molecule has 2 aliphatic rings. The van der Waals surface area contributed by atoms with Gasteiger partial charge < -0.3 is 24.6 Å². The number of likely N-dealkylation sites (tertiary alicyclic amines) is 1. The van der Waals surface area contributed by atoms with Gasteiger partial charge in [0.15, 0.2) is 5.82 Å². The van der Waals surface area contributed by atoms with Crippen LogP contribution < -0.4 is 15.0 Å². The molecule has 10 heteroatoms. The monoisotopic (exact) mass is 520 g/mol. The molecule has 0 saturated carbocycles. The Morgan fingerprint density at radius 3 is 2.85 bits per heavy atom. The van der Waals surface area contributed by atoms with Crippen LogP contribution in [0, 0.1) is 17.1 Å². The summed E-state index contributed by atoms with van der Waals surface area (Å²) < 4.78 is 26.7. The van der Waals surface area contributed by atoms with E-state index in [1.54, 1.807) is 13.2 Å². The first-order chi connectivity index (χ1) is 16.1. The minimum absolute atomic E-state index is 0.00134. The molecule has 2 aromatic rings. The lowest BCUT2D eigenvalue weighted by Gasteiger charge is -2.34. The van der Waals surface area contributed by atoms with Crippen LogP contribution in [0.2, 0.25) is 0 Å². The number of piperazine rings is 1. The van der Waals surface area contributed by atoms with Crippen molar-refractivity contribution in [1.82, 2.24) is 20.2 Å². The minimum atomic E-state index is -0.419. The molecule has 1 atom stereocenters. The standard InChI is InChI=1S/C23H30BrFN6O2/c1-32-14-2-10-30-11-6-17(7-12-30)33-23-28-21-18(3-4-19(24)20(21)25)22(29-23)31-13-9-27-16(15-31)5-8-26/h3-4,16-17,27H,2,5-7,9-15H2,1H3. The van der Waals surface area contributed by atoms with Crippen LogP contribution in [0.3, 0.4) is 0 Å². The third-order valence-corrected chi connectivity index (χ3v) is 6.85. The molecule has 2 aliphatic heterocycles. The molecule has 4 rings (SSSR count). The van der Waals surface area contributed by atoms with Crippen molar-refractivity contribution >= 4 is 32.7 Å². The van der Waals surface area contributed by atoms with Gasteiger partial charge in [0.1, 0.15) is 17.4 Å². The van der Waals surface area contributed by atoms with E-state index >= 15 is 4.39 Å². The molecule has 0 bridgehead atoms. The number of hydrogen-bond acceptors (Lipinski definition) is 8. The Morgan fingerprint density at radius 2 is 2.09 bits per heavy atom. The van der Waals surface area contributed by atoms with Gasteiger partial charge in [0.2, 0.25) is 0 Å². The predicted octanol–water partition coefficient (Wildman–Crippen LogP) is 3.10. The van der Waals surface area contributed by atoms with E-state index in [1.165, 1.54) is 0 Å². The molecule has 178 valence electrons. The van der Waals surface area contributed by atoms with Gasteiger partial charge in [-0.25, -0.2) is 4.39 Å². The number of methoxy groups -OCH3 is 1. The zero-order chi connectivity index (χ0) is 23.2. The molecule has 33 heavy (non-hydrogen) atoms. The number of aromatic nitrogens is 2. The topological polar surface area (TPSA) is 86.5 Å². The van der Waals surface area contributed by atoms with E-state index in [0.29, 0.717) is 35.2 Å². The van der Waals surface area contributed by atoms with Gasteiger partial charge in [-0.15, -0.1) is 0 Å². The van der Waals surface area contributed by atoms with Crippen molar-refractivity contribution in [2.75, 3.05) is 57.9 Å². The number of nitriles is 1. The van der Waals surface area contributed by atoms with Crippen LogP contribution in [0.5, 0.6) is 6.01 Å². The van der Waals surface area contributed by atoms with E-state index in [4.69, 9.17) is 19.7 Å². The van der Waals surface area contributed by atoms with Crippen molar-refractivity contribution in [1.29, 1.82) is 5.26 Å². The maximum absolute atomic E-state index is 15.0. The predicted molar refractivity (Wildman–Crippen MR) is 128 cm³/mol. The van der Waals surface area contributed by atoms with Crippen LogP contribution in [-0.4, -0.2) is 80.0 Å². The zero-order valence-electron chi connectivity index (χ0n) is 18.9. The fourth-order valence-electron chi connectivity index (χ4n) is 4.49. The minimum Gasteiger partial charge on any atom is -0.460 e. The third-order valence-electron chi connectivity index (χ3n) is 6.24. The first kappa shape index (κ1) is 24.1. The van der Waals surface area contributed by atoms with E-state index in [9.17, 15) is 0 Å². The molecule has 0 aliphatic carbocycles. The highest BCUT2D eigenvalue weighted by atomic mass is 79.9. The summed E-state index contributed by atoms with van der Waals surface area (Å²) in [6, 6.07) is 5.99. The summed E-state index contributed by atoms with van der Waals surface area (Å²) in [5.74, 6) is 0.237. The van der Waals surface area contributed by atoms with E-state index in [-0.39, 0.29) is 23.7 Å². The van der Waals surface area contributed by atoms with Crippen LogP contribution in [0.25, 0.3) is 10.9 Å². The summed E-state index contributed by atoms with van der Waals surface area (Å²) in [7, 11) is 1.73. The summed E-state index contributed by atoms with van der Waals surface area (Å²) in [6.45, 7) is 5.75. The Balaban J connectivity index is 1.54. The fourth-order valence-corrected chi connectivity index (χ4v) is 4.81. The highest BCUT2D eigenvalue weighted by molar-refractivity contribution is 9.10. The number of fused-ring (bicyclic) bond motifs is 1. The molecule has 1 aromatic heterocycles. The largest absolute Gasteiger partial charge is 0.460 e. The van der Waals surface area contributed by atoms with Gasteiger partial charge in [0.25, 0.3) is 0 Å². The number of ether oxygens (including phenoxy) is 2. The van der Waals surface area contributed by atoms with Gasteiger partial charge >= 0.3 is 6.01 Å². The molecule has 1 N–H and O–H groups in total. The Kier molecular flexibility index (Phi) is 8.30. The number of nitrogens with one attached hydrogen (secondary N) is 1. The van der Waals surface area contributed by atoms with Crippen molar-refractivity contribution in [2.24, 2.45) is 0 Å². The Hall–Kier alpha value is -2.06. The van der Waals surface area contributed by atoms with Crippen molar-refractivity contribution < 1.29 is 13.9 Å². The highest BCUT2D eigenvalue weighted by Gasteiger charge is 2.26. The molecule has 2 saturated heterocycles. The second-order valence-corrected chi connectivity index (χ2v) is 9.41. The number of anilines is 1. The SMILES string of the molecule is COCCCN1CCC(Oc2nc(N3CCNC(CC#N)C3)c3ccc(Br)c(F)c3n2)CC1. The lowest BCUT2D eigenvalue weighted by molar-refractivity contribution is 0.0866. The molecular formula is C23H30BrFN6O2. The van der Waals surface area contributed by atoms with E-state index in [0.717, 1.165) is 52.0 Å². The smallest absolute Gasteiger partial charge is 0.319 e. The lowest BCUT2D eigenvalue weighted by atomic mass is 10.1. The maximum Gasteiger partial charge on any atom is 0.319 e. The zero-order valence-corrected chi connectivity index (χ0v) is 20.5. The van der Waals surface area contributed by atoms with E-state index < -0.39 is 5.82 Å². The number of piperidine rings is 1. The number of benzene rings is 1. The van der Waals surface area contributed by atoms with Crippen LogP contribution in [-0.2, 0) is 4.74 Å². The van der Waals surface area contributed by atoms with E-state index in [1.807, 2.05) is 6.07 Å². The molecular weight excluding hydrogens is 491 g/mol. The molecule has 0 radical (unpaired) electrons. The molecule has 2 fully saturated rings. The van der Waals surface area contributed by atoms with Gasteiger partial charge in [-0.3, -0.25) is 0 Å². The Labute approximate surface area is 202 Å². The second-order valence-electron chi connectivity index (χ2n) is 8.55. The number of halogens is 2. The van der Waals surface area contributed by atoms with Crippen molar-refractivity contribution in [3.8, 4) is 12.1 Å². The number of rotatable bonds is 8. The summed E-state index contributed by atoms with van der Waals surface area (Å²) in [4.78, 5) is 13.7. The first-order valence-electron chi connectivity index (χ1n) is 11.5. The normalized spacial score (nSPS) is 20.2. The molecule has 8 nitrogen and oxygen atoms in total. The molecule has 0 amide bonds. The average Bonchev–Trinajstić information content (AvgIpc) is 2.83. The molecule has 3 heterocycles. The molecule has 1 unspecified atom stereocenters. The van der Waals surface area contributed by atoms with Crippen LogP contribution in [0.15, 0.2) is 16.6 Å². The summed E-state index contributed by atoms with van der Waals surface area (Å²) in [5.41, 5.74) is 0.247. The van der Waals surface area contributed by atoms with Gasteiger partial charge in [-0.05, 0) is 47.3 Å². The van der Waals surface area contributed by atoms with Gasteiger partial charge in [-0.1, -0.05) is 0 Å². The van der Waals surface area contributed by atoms with E-state index in [2.05, 4.69) is 42.1 Å². The fraction of sp³-hybridized carbons (Fsp3) is 0.609. The molecule has 1 aromatic carbocycles. The van der Waals surface area contributed by atoms with Crippen molar-refractivity contribution in [3.63, 3.8) is 0 Å². The summed E-state index contributed by atoms with van der Waals surface area (Å²) in [5, 5.41) is 13.1. The number of nitrogens with zero attached hydrogens (tertiary/aromatic N) is 5. The second kappa shape index (κ2) is 11.4. The lowest BCUT2D eigenvalue weighted by Crippen LogP contribution is -2.51. The summed E-state index contributed by atoms with van der Waals surface area (Å²) >= 11 is 3.27. The Bertz CT molecular complexity index is 995. The van der Waals surface area contributed by atoms with Crippen LogP contribution in [0.1, 0.15) is 25.7 Å². The van der Waals surface area contributed by atoms with Crippen molar-refractivity contribution in [3.05, 3.63) is 22.4 Å². The summed E-state index contributed by atoms with van der Waals surface area (Å²) in [6.07, 6.45) is 3.18.